The topological polar surface area (TPSA) is 50.1 Å². The highest BCUT2D eigenvalue weighted by atomic mass is 79.9. The van der Waals surface area contributed by atoms with E-state index < -0.39 is 0 Å². The zero-order valence-electron chi connectivity index (χ0n) is 6.47. The van der Waals surface area contributed by atoms with E-state index in [2.05, 4.69) is 26.6 Å². The molecular weight excluding hydrogens is 218 g/mol. The Kier molecular flexibility index (Phi) is 1.94. The highest BCUT2D eigenvalue weighted by molar-refractivity contribution is 9.10. The predicted molar refractivity (Wildman–Crippen MR) is 54.2 cm³/mol. The van der Waals surface area contributed by atoms with Crippen molar-refractivity contribution in [3.63, 3.8) is 0 Å². The fourth-order valence-electron chi connectivity index (χ4n) is 1.29. The zero-order chi connectivity index (χ0) is 8.55. The molecule has 1 aromatic rings. The highest BCUT2D eigenvalue weighted by Gasteiger charge is 2.17. The van der Waals surface area contributed by atoms with Gasteiger partial charge in [-0.3, -0.25) is 0 Å². The van der Waals surface area contributed by atoms with Gasteiger partial charge in [0.2, 0.25) is 0 Å². The third kappa shape index (κ3) is 1.28. The Hall–Kier alpha value is -0.740. The molecule has 0 fully saturated rings. The quantitative estimate of drug-likeness (QED) is 0.683. The number of hydrogen-bond donors (Lipinski definition) is 3. The van der Waals surface area contributed by atoms with Crippen molar-refractivity contribution in [1.82, 2.24) is 0 Å². The van der Waals surface area contributed by atoms with E-state index in [-0.39, 0.29) is 6.17 Å². The third-order valence-electron chi connectivity index (χ3n) is 1.88. The zero-order valence-corrected chi connectivity index (χ0v) is 8.06. The molecule has 0 spiro atoms. The molecule has 4 heteroatoms. The SMILES string of the molecule is NCC1Nc2ccc(Br)cc2N1. The minimum Gasteiger partial charge on any atom is -0.363 e. The number of halogens is 1. The van der Waals surface area contributed by atoms with Gasteiger partial charge in [-0.2, -0.15) is 0 Å². The average Bonchev–Trinajstić information content (AvgIpc) is 2.46. The van der Waals surface area contributed by atoms with Gasteiger partial charge in [0.15, 0.2) is 0 Å². The molecule has 0 saturated heterocycles. The molecule has 0 aromatic heterocycles. The fourth-order valence-corrected chi connectivity index (χ4v) is 1.65. The third-order valence-corrected chi connectivity index (χ3v) is 2.37. The van der Waals surface area contributed by atoms with Gasteiger partial charge >= 0.3 is 0 Å². The summed E-state index contributed by atoms with van der Waals surface area (Å²) >= 11 is 3.41. The van der Waals surface area contributed by atoms with E-state index in [4.69, 9.17) is 5.73 Å². The Balaban J connectivity index is 2.30. The van der Waals surface area contributed by atoms with Crippen LogP contribution in [-0.2, 0) is 0 Å². The van der Waals surface area contributed by atoms with Crippen molar-refractivity contribution in [2.45, 2.75) is 6.17 Å². The second-order valence-electron chi connectivity index (χ2n) is 2.77. The molecule has 1 aliphatic rings. The standard InChI is InChI=1S/C8H10BrN3/c9-5-1-2-6-7(3-5)12-8(4-10)11-6/h1-3,8,11-12H,4,10H2. The summed E-state index contributed by atoms with van der Waals surface area (Å²) < 4.78 is 1.08. The van der Waals surface area contributed by atoms with Crippen molar-refractivity contribution in [2.75, 3.05) is 17.2 Å². The van der Waals surface area contributed by atoms with E-state index in [1.54, 1.807) is 0 Å². The van der Waals surface area contributed by atoms with Crippen LogP contribution >= 0.6 is 15.9 Å². The van der Waals surface area contributed by atoms with Crippen LogP contribution < -0.4 is 16.4 Å². The Morgan fingerprint density at radius 3 is 2.83 bits per heavy atom. The first kappa shape index (κ1) is 7.89. The molecule has 64 valence electrons. The summed E-state index contributed by atoms with van der Waals surface area (Å²) in [6.07, 6.45) is 0.175. The normalized spacial score (nSPS) is 19.7. The molecule has 4 N–H and O–H groups in total. The fraction of sp³-hybridized carbons (Fsp3) is 0.250. The van der Waals surface area contributed by atoms with E-state index in [1.165, 1.54) is 0 Å². The molecule has 1 atom stereocenters. The van der Waals surface area contributed by atoms with Crippen LogP contribution in [-0.4, -0.2) is 12.7 Å². The van der Waals surface area contributed by atoms with E-state index in [9.17, 15) is 0 Å². The Morgan fingerprint density at radius 2 is 2.08 bits per heavy atom. The van der Waals surface area contributed by atoms with Crippen LogP contribution in [0.25, 0.3) is 0 Å². The number of benzene rings is 1. The predicted octanol–water partition coefficient (Wildman–Crippen LogP) is 1.57. The van der Waals surface area contributed by atoms with E-state index >= 15 is 0 Å². The number of anilines is 2. The molecule has 3 nitrogen and oxygen atoms in total. The minimum absolute atomic E-state index is 0.175. The lowest BCUT2D eigenvalue weighted by Gasteiger charge is -2.07. The first-order valence-electron chi connectivity index (χ1n) is 3.82. The Labute approximate surface area is 79.5 Å². The van der Waals surface area contributed by atoms with Crippen LogP contribution in [0.3, 0.4) is 0 Å². The molecule has 0 aliphatic carbocycles. The van der Waals surface area contributed by atoms with Crippen molar-refractivity contribution in [3.8, 4) is 0 Å². The van der Waals surface area contributed by atoms with Crippen LogP contribution in [0.2, 0.25) is 0 Å². The number of fused-ring (bicyclic) bond motifs is 1. The largest absolute Gasteiger partial charge is 0.363 e. The maximum atomic E-state index is 5.51. The molecule has 1 heterocycles. The van der Waals surface area contributed by atoms with Gasteiger partial charge in [-0.15, -0.1) is 0 Å². The van der Waals surface area contributed by atoms with E-state index in [0.29, 0.717) is 6.54 Å². The second kappa shape index (κ2) is 2.95. The molecule has 12 heavy (non-hydrogen) atoms. The van der Waals surface area contributed by atoms with Gasteiger partial charge < -0.3 is 16.4 Å². The molecule has 1 aromatic carbocycles. The number of nitrogens with one attached hydrogen (secondary N) is 2. The Bertz CT molecular complexity index is 300. The van der Waals surface area contributed by atoms with Gasteiger partial charge in [0, 0.05) is 11.0 Å². The molecule has 0 amide bonds. The van der Waals surface area contributed by atoms with Gasteiger partial charge in [0.1, 0.15) is 6.17 Å². The summed E-state index contributed by atoms with van der Waals surface area (Å²) in [4.78, 5) is 0. The highest BCUT2D eigenvalue weighted by Crippen LogP contribution is 2.30. The van der Waals surface area contributed by atoms with Gasteiger partial charge in [0.25, 0.3) is 0 Å². The average molecular weight is 228 g/mol. The number of rotatable bonds is 1. The van der Waals surface area contributed by atoms with Crippen molar-refractivity contribution in [1.29, 1.82) is 0 Å². The van der Waals surface area contributed by atoms with Crippen LogP contribution in [0.4, 0.5) is 11.4 Å². The summed E-state index contributed by atoms with van der Waals surface area (Å²) in [5.41, 5.74) is 7.74. The van der Waals surface area contributed by atoms with Crippen LogP contribution in [0, 0.1) is 0 Å². The lowest BCUT2D eigenvalue weighted by atomic mass is 10.3. The summed E-state index contributed by atoms with van der Waals surface area (Å²) in [6, 6.07) is 6.08. The van der Waals surface area contributed by atoms with Gasteiger partial charge in [-0.05, 0) is 18.2 Å². The first-order chi connectivity index (χ1) is 5.79. The van der Waals surface area contributed by atoms with E-state index in [1.807, 2.05) is 18.2 Å². The van der Waals surface area contributed by atoms with Crippen molar-refractivity contribution < 1.29 is 0 Å². The summed E-state index contributed by atoms with van der Waals surface area (Å²) in [6.45, 7) is 0.590. The molecule has 0 radical (unpaired) electrons. The molecule has 1 aliphatic heterocycles. The van der Waals surface area contributed by atoms with Crippen molar-refractivity contribution in [2.24, 2.45) is 5.73 Å². The summed E-state index contributed by atoms with van der Waals surface area (Å²) in [5.74, 6) is 0. The van der Waals surface area contributed by atoms with Crippen molar-refractivity contribution >= 4 is 27.3 Å². The van der Waals surface area contributed by atoms with Crippen LogP contribution in [0.5, 0.6) is 0 Å². The number of nitrogens with two attached hydrogens (primary N) is 1. The summed E-state index contributed by atoms with van der Waals surface area (Å²) in [7, 11) is 0. The molecule has 0 bridgehead atoms. The molecule has 2 rings (SSSR count). The minimum atomic E-state index is 0.175. The van der Waals surface area contributed by atoms with Crippen molar-refractivity contribution in [3.05, 3.63) is 22.7 Å². The maximum Gasteiger partial charge on any atom is 0.109 e. The molecule has 1 unspecified atom stereocenters. The van der Waals surface area contributed by atoms with E-state index in [0.717, 1.165) is 15.8 Å². The number of hydrogen-bond acceptors (Lipinski definition) is 3. The second-order valence-corrected chi connectivity index (χ2v) is 3.68. The maximum absolute atomic E-state index is 5.51. The van der Waals surface area contributed by atoms with Gasteiger partial charge in [-0.25, -0.2) is 0 Å². The van der Waals surface area contributed by atoms with Crippen LogP contribution in [0.1, 0.15) is 0 Å². The molecular formula is C8H10BrN3. The lowest BCUT2D eigenvalue weighted by Crippen LogP contribution is -2.31. The summed E-state index contributed by atoms with van der Waals surface area (Å²) in [5, 5.41) is 6.51. The smallest absolute Gasteiger partial charge is 0.109 e. The van der Waals surface area contributed by atoms with Gasteiger partial charge in [-0.1, -0.05) is 15.9 Å². The van der Waals surface area contributed by atoms with Crippen LogP contribution in [0.15, 0.2) is 22.7 Å². The Morgan fingerprint density at radius 1 is 1.33 bits per heavy atom. The van der Waals surface area contributed by atoms with Gasteiger partial charge in [0.05, 0.1) is 11.4 Å². The molecule has 0 saturated carbocycles. The lowest BCUT2D eigenvalue weighted by molar-refractivity contribution is 0.844. The monoisotopic (exact) mass is 227 g/mol. The first-order valence-corrected chi connectivity index (χ1v) is 4.61.